The molecule has 1 spiro atoms. The molecular formula is C21H21N3O4. The maximum Gasteiger partial charge on any atom is 0.321 e. The number of nitrogens with one attached hydrogen (secondary N) is 1. The summed E-state index contributed by atoms with van der Waals surface area (Å²) in [6.07, 6.45) is 1.13. The van der Waals surface area contributed by atoms with Gasteiger partial charge in [-0.2, -0.15) is 5.26 Å². The molecule has 2 aromatic carbocycles. The lowest BCUT2D eigenvalue weighted by Gasteiger charge is -2.44. The molecule has 1 saturated heterocycles. The van der Waals surface area contributed by atoms with Crippen LogP contribution in [0.4, 0.5) is 10.5 Å². The number of rotatable bonds is 2. The maximum atomic E-state index is 12.6. The van der Waals surface area contributed by atoms with E-state index in [2.05, 4.69) is 11.4 Å². The van der Waals surface area contributed by atoms with Crippen molar-refractivity contribution in [1.82, 2.24) is 4.90 Å². The molecule has 0 unspecified atom stereocenters. The Morgan fingerprint density at radius 1 is 1.25 bits per heavy atom. The predicted octanol–water partition coefficient (Wildman–Crippen LogP) is 3.50. The smallest absolute Gasteiger partial charge is 0.321 e. The first-order valence-corrected chi connectivity index (χ1v) is 9.17. The number of likely N-dealkylation sites (tertiary alicyclic amines) is 1. The fourth-order valence-electron chi connectivity index (χ4n) is 3.54. The molecule has 1 fully saturated rings. The molecule has 4 rings (SSSR count). The van der Waals surface area contributed by atoms with E-state index in [1.807, 2.05) is 18.2 Å². The molecule has 2 aromatic rings. The van der Waals surface area contributed by atoms with E-state index in [1.54, 1.807) is 36.3 Å². The predicted molar refractivity (Wildman–Crippen MR) is 102 cm³/mol. The fourth-order valence-corrected chi connectivity index (χ4v) is 3.54. The van der Waals surface area contributed by atoms with Gasteiger partial charge in [-0.05, 0) is 24.3 Å². The number of urea groups is 1. The third-order valence-corrected chi connectivity index (χ3v) is 5.11. The molecule has 28 heavy (non-hydrogen) atoms. The van der Waals surface area contributed by atoms with E-state index in [-0.39, 0.29) is 6.03 Å². The second-order valence-electron chi connectivity index (χ2n) is 6.86. The lowest BCUT2D eigenvalue weighted by molar-refractivity contribution is -0.225. The van der Waals surface area contributed by atoms with Gasteiger partial charge in [0.15, 0.2) is 11.5 Å². The van der Waals surface area contributed by atoms with Gasteiger partial charge < -0.3 is 24.4 Å². The first-order chi connectivity index (χ1) is 13.6. The SMILES string of the molecule is COc1cccc2c1OC1(CCN(C(=O)Nc3cccc(C#N)c3)CC1)OC2. The van der Waals surface area contributed by atoms with Crippen LogP contribution in [0.2, 0.25) is 0 Å². The summed E-state index contributed by atoms with van der Waals surface area (Å²) in [5.41, 5.74) is 2.07. The minimum Gasteiger partial charge on any atom is -0.493 e. The standard InChI is InChI=1S/C21H21N3O4/c1-26-18-7-3-5-16-14-27-21(28-19(16)18)8-10-24(11-9-21)20(25)23-17-6-2-4-15(12-17)13-22/h2-7,12H,8-11,14H2,1H3,(H,23,25). The topological polar surface area (TPSA) is 83.8 Å². The van der Waals surface area contributed by atoms with Crippen molar-refractivity contribution < 1.29 is 19.0 Å². The number of amides is 2. The van der Waals surface area contributed by atoms with E-state index < -0.39 is 5.79 Å². The van der Waals surface area contributed by atoms with Gasteiger partial charge in [-0.3, -0.25) is 0 Å². The van der Waals surface area contributed by atoms with Crippen molar-refractivity contribution in [2.45, 2.75) is 25.2 Å². The average molecular weight is 379 g/mol. The molecule has 0 atom stereocenters. The van der Waals surface area contributed by atoms with Crippen LogP contribution >= 0.6 is 0 Å². The van der Waals surface area contributed by atoms with E-state index in [4.69, 9.17) is 19.5 Å². The van der Waals surface area contributed by atoms with Gasteiger partial charge in [-0.15, -0.1) is 0 Å². The zero-order valence-electron chi connectivity index (χ0n) is 15.6. The Labute approximate surface area is 163 Å². The van der Waals surface area contributed by atoms with Crippen molar-refractivity contribution >= 4 is 11.7 Å². The highest BCUT2D eigenvalue weighted by Gasteiger charge is 2.42. The Morgan fingerprint density at radius 2 is 2.04 bits per heavy atom. The van der Waals surface area contributed by atoms with Crippen LogP contribution in [0.3, 0.4) is 0 Å². The molecule has 2 amide bonds. The minimum absolute atomic E-state index is 0.196. The number of anilines is 1. The summed E-state index contributed by atoms with van der Waals surface area (Å²) in [6.45, 7) is 1.47. The van der Waals surface area contributed by atoms with Gasteiger partial charge in [0.1, 0.15) is 0 Å². The average Bonchev–Trinajstić information content (AvgIpc) is 2.74. The number of carbonyl (C=O) groups excluding carboxylic acids is 1. The number of piperidine rings is 1. The number of para-hydroxylation sites is 1. The van der Waals surface area contributed by atoms with Gasteiger partial charge in [0.2, 0.25) is 5.79 Å². The number of hydrogen-bond acceptors (Lipinski definition) is 5. The van der Waals surface area contributed by atoms with Crippen LogP contribution in [0.5, 0.6) is 11.5 Å². The van der Waals surface area contributed by atoms with E-state index in [1.165, 1.54) is 0 Å². The zero-order chi connectivity index (χ0) is 19.6. The fraction of sp³-hybridized carbons (Fsp3) is 0.333. The summed E-state index contributed by atoms with van der Waals surface area (Å²) in [4.78, 5) is 14.3. The second-order valence-corrected chi connectivity index (χ2v) is 6.86. The largest absolute Gasteiger partial charge is 0.493 e. The molecule has 7 heteroatoms. The van der Waals surface area contributed by atoms with Crippen molar-refractivity contribution in [3.8, 4) is 17.6 Å². The van der Waals surface area contributed by atoms with Crippen LogP contribution in [0, 0.1) is 11.3 Å². The minimum atomic E-state index is -0.737. The molecule has 0 radical (unpaired) electrons. The van der Waals surface area contributed by atoms with Crippen LogP contribution in [-0.4, -0.2) is 36.9 Å². The number of hydrogen-bond donors (Lipinski definition) is 1. The zero-order valence-corrected chi connectivity index (χ0v) is 15.6. The number of fused-ring (bicyclic) bond motifs is 1. The van der Waals surface area contributed by atoms with E-state index in [0.717, 1.165) is 11.3 Å². The summed E-state index contributed by atoms with van der Waals surface area (Å²) in [5, 5.41) is 11.8. The molecule has 7 nitrogen and oxygen atoms in total. The number of benzene rings is 2. The van der Waals surface area contributed by atoms with Crippen LogP contribution in [0.25, 0.3) is 0 Å². The quantitative estimate of drug-likeness (QED) is 0.863. The Kier molecular flexibility index (Phi) is 4.80. The number of carbonyl (C=O) groups is 1. The highest BCUT2D eigenvalue weighted by molar-refractivity contribution is 5.89. The Bertz CT molecular complexity index is 915. The van der Waals surface area contributed by atoms with Crippen LogP contribution in [0.15, 0.2) is 42.5 Å². The van der Waals surface area contributed by atoms with Crippen molar-refractivity contribution in [1.29, 1.82) is 5.26 Å². The van der Waals surface area contributed by atoms with E-state index in [0.29, 0.717) is 49.5 Å². The number of methoxy groups -OCH3 is 1. The summed E-state index contributed by atoms with van der Waals surface area (Å²) in [6, 6.07) is 14.5. The van der Waals surface area contributed by atoms with Gasteiger partial charge in [-0.25, -0.2) is 4.79 Å². The molecule has 144 valence electrons. The van der Waals surface area contributed by atoms with Gasteiger partial charge in [0, 0.05) is 37.2 Å². The maximum absolute atomic E-state index is 12.6. The normalized spacial score (nSPS) is 17.2. The molecule has 2 heterocycles. The summed E-state index contributed by atoms with van der Waals surface area (Å²) in [7, 11) is 1.62. The first-order valence-electron chi connectivity index (χ1n) is 9.17. The number of ether oxygens (including phenoxy) is 3. The summed E-state index contributed by atoms with van der Waals surface area (Å²) < 4.78 is 17.7. The third-order valence-electron chi connectivity index (χ3n) is 5.11. The molecule has 2 aliphatic heterocycles. The molecular weight excluding hydrogens is 358 g/mol. The van der Waals surface area contributed by atoms with E-state index in [9.17, 15) is 4.79 Å². The summed E-state index contributed by atoms with van der Waals surface area (Å²) in [5.74, 6) is 0.680. The number of nitrogens with zero attached hydrogens (tertiary/aromatic N) is 2. The van der Waals surface area contributed by atoms with Gasteiger partial charge in [-0.1, -0.05) is 18.2 Å². The first kappa shape index (κ1) is 18.1. The van der Waals surface area contributed by atoms with Crippen molar-refractivity contribution in [2.24, 2.45) is 0 Å². The third kappa shape index (κ3) is 3.47. The van der Waals surface area contributed by atoms with Gasteiger partial charge in [0.25, 0.3) is 0 Å². The molecule has 2 aliphatic rings. The lowest BCUT2D eigenvalue weighted by Crippen LogP contribution is -2.53. The molecule has 1 N–H and O–H groups in total. The Hall–Kier alpha value is -3.24. The van der Waals surface area contributed by atoms with Crippen LogP contribution in [-0.2, 0) is 11.3 Å². The molecule has 0 aliphatic carbocycles. The van der Waals surface area contributed by atoms with Crippen LogP contribution in [0.1, 0.15) is 24.0 Å². The molecule has 0 bridgehead atoms. The van der Waals surface area contributed by atoms with E-state index >= 15 is 0 Å². The highest BCUT2D eigenvalue weighted by Crippen LogP contribution is 2.42. The van der Waals surface area contributed by atoms with Gasteiger partial charge >= 0.3 is 6.03 Å². The second kappa shape index (κ2) is 7.41. The highest BCUT2D eigenvalue weighted by atomic mass is 16.7. The Morgan fingerprint density at radius 3 is 2.79 bits per heavy atom. The van der Waals surface area contributed by atoms with Crippen molar-refractivity contribution in [3.05, 3.63) is 53.6 Å². The van der Waals surface area contributed by atoms with Gasteiger partial charge in [0.05, 0.1) is 25.3 Å². The lowest BCUT2D eigenvalue weighted by atomic mass is 10.0. The monoisotopic (exact) mass is 379 g/mol. The van der Waals surface area contributed by atoms with Crippen molar-refractivity contribution in [3.63, 3.8) is 0 Å². The summed E-state index contributed by atoms with van der Waals surface area (Å²) >= 11 is 0. The molecule has 0 saturated carbocycles. The Balaban J connectivity index is 1.40. The van der Waals surface area contributed by atoms with Crippen LogP contribution < -0.4 is 14.8 Å². The molecule has 0 aromatic heterocycles. The van der Waals surface area contributed by atoms with Crippen molar-refractivity contribution in [2.75, 3.05) is 25.5 Å². The number of nitriles is 1.